The summed E-state index contributed by atoms with van der Waals surface area (Å²) in [6, 6.07) is 6.50. The number of nitrogens with zero attached hydrogens (tertiary/aromatic N) is 1. The molecule has 4 heteroatoms. The number of hydrogen-bond donors (Lipinski definition) is 1. The van der Waals surface area contributed by atoms with E-state index >= 15 is 0 Å². The second-order valence-electron chi connectivity index (χ2n) is 4.83. The normalized spacial score (nSPS) is 21.6. The van der Waals surface area contributed by atoms with Gasteiger partial charge in [-0.25, -0.2) is 0 Å². The minimum absolute atomic E-state index is 0.569. The second-order valence-corrected chi connectivity index (χ2v) is 6.12. The lowest BCUT2D eigenvalue weighted by atomic mass is 10.1. The number of benzene rings is 1. The largest absolute Gasteiger partial charge is 0.381 e. The van der Waals surface area contributed by atoms with Crippen LogP contribution in [0.4, 0.5) is 5.69 Å². The Kier molecular flexibility index (Phi) is 5.34. The number of likely N-dealkylation sites (tertiary alicyclic amines) is 1. The monoisotopic (exact) mass is 330 g/mol. The molecule has 1 fully saturated rings. The molecule has 1 aliphatic heterocycles. The highest BCUT2D eigenvalue weighted by atomic mass is 79.9. The molecule has 1 aliphatic rings. The Morgan fingerprint density at radius 3 is 2.94 bits per heavy atom. The molecule has 0 bridgehead atoms. The average molecular weight is 332 g/mol. The maximum absolute atomic E-state index is 5.96. The van der Waals surface area contributed by atoms with Gasteiger partial charge in [-0.05, 0) is 66.5 Å². The van der Waals surface area contributed by atoms with Crippen LogP contribution in [0.2, 0.25) is 5.02 Å². The van der Waals surface area contributed by atoms with Crippen LogP contribution in [-0.2, 0) is 0 Å². The van der Waals surface area contributed by atoms with E-state index in [9.17, 15) is 0 Å². The Hall–Kier alpha value is -0.250. The van der Waals surface area contributed by atoms with Gasteiger partial charge in [-0.15, -0.1) is 0 Å². The van der Waals surface area contributed by atoms with Gasteiger partial charge in [-0.1, -0.05) is 18.5 Å². The van der Waals surface area contributed by atoms with Gasteiger partial charge in [0.05, 0.1) is 0 Å². The summed E-state index contributed by atoms with van der Waals surface area (Å²) >= 11 is 9.52. The first-order valence-corrected chi connectivity index (χ1v) is 7.80. The topological polar surface area (TPSA) is 15.3 Å². The van der Waals surface area contributed by atoms with E-state index in [0.717, 1.165) is 21.7 Å². The molecule has 2 nitrogen and oxygen atoms in total. The molecule has 100 valence electrons. The highest BCUT2D eigenvalue weighted by Crippen LogP contribution is 2.27. The van der Waals surface area contributed by atoms with Gasteiger partial charge in [0.25, 0.3) is 0 Å². The Morgan fingerprint density at radius 2 is 2.22 bits per heavy atom. The maximum atomic E-state index is 5.96. The lowest BCUT2D eigenvalue weighted by molar-refractivity contribution is 0.300. The lowest BCUT2D eigenvalue weighted by Gasteiger charge is -2.20. The van der Waals surface area contributed by atoms with E-state index in [2.05, 4.69) is 39.1 Å². The Labute approximate surface area is 123 Å². The minimum atomic E-state index is 0.569. The van der Waals surface area contributed by atoms with E-state index in [0.29, 0.717) is 6.04 Å². The fourth-order valence-corrected chi connectivity index (χ4v) is 3.24. The zero-order valence-corrected chi connectivity index (χ0v) is 13.1. The predicted octanol–water partition coefficient (Wildman–Crippen LogP) is 4.39. The summed E-state index contributed by atoms with van der Waals surface area (Å²) in [5.74, 6) is 0. The molecule has 0 spiro atoms. The van der Waals surface area contributed by atoms with Crippen molar-refractivity contribution in [3.05, 3.63) is 27.7 Å². The van der Waals surface area contributed by atoms with Crippen LogP contribution in [-0.4, -0.2) is 30.6 Å². The van der Waals surface area contributed by atoms with E-state index in [1.54, 1.807) is 0 Å². The summed E-state index contributed by atoms with van der Waals surface area (Å²) in [6.07, 6.45) is 3.73. The molecule has 0 amide bonds. The van der Waals surface area contributed by atoms with E-state index in [1.807, 2.05) is 12.1 Å². The first kappa shape index (κ1) is 14.2. The van der Waals surface area contributed by atoms with E-state index in [1.165, 1.54) is 32.4 Å². The lowest BCUT2D eigenvalue weighted by Crippen LogP contribution is -2.26. The van der Waals surface area contributed by atoms with Gasteiger partial charge in [0.15, 0.2) is 0 Å². The molecule has 0 saturated carbocycles. The standard InChI is InChI=1S/C14H20BrClN2/c1-2-18-8-3-4-12(7-9-18)17-14-6-5-11(16)10-13(14)15/h5-6,10,12,17H,2-4,7-9H2,1H3. The minimum Gasteiger partial charge on any atom is -0.381 e. The molecule has 1 aromatic rings. The van der Waals surface area contributed by atoms with Crippen LogP contribution in [0, 0.1) is 0 Å². The number of hydrogen-bond acceptors (Lipinski definition) is 2. The predicted molar refractivity (Wildman–Crippen MR) is 82.5 cm³/mol. The highest BCUT2D eigenvalue weighted by molar-refractivity contribution is 9.10. The van der Waals surface area contributed by atoms with Crippen molar-refractivity contribution in [2.75, 3.05) is 25.0 Å². The Morgan fingerprint density at radius 1 is 1.39 bits per heavy atom. The second kappa shape index (κ2) is 6.78. The molecule has 0 aliphatic carbocycles. The fraction of sp³-hybridized carbons (Fsp3) is 0.571. The quantitative estimate of drug-likeness (QED) is 0.883. The summed E-state index contributed by atoms with van der Waals surface area (Å²) in [5, 5.41) is 4.40. The molecule has 0 aromatic heterocycles. The van der Waals surface area contributed by atoms with Crippen LogP contribution >= 0.6 is 27.5 Å². The first-order chi connectivity index (χ1) is 8.69. The summed E-state index contributed by atoms with van der Waals surface area (Å²) in [7, 11) is 0. The molecule has 1 heterocycles. The fourth-order valence-electron chi connectivity index (χ4n) is 2.44. The molecule has 1 atom stereocenters. The molecule has 1 unspecified atom stereocenters. The maximum Gasteiger partial charge on any atom is 0.0487 e. The highest BCUT2D eigenvalue weighted by Gasteiger charge is 2.16. The van der Waals surface area contributed by atoms with Crippen LogP contribution in [0.25, 0.3) is 0 Å². The summed E-state index contributed by atoms with van der Waals surface area (Å²) in [6.45, 7) is 5.83. The van der Waals surface area contributed by atoms with Gasteiger partial charge in [0.1, 0.15) is 0 Å². The molecule has 2 rings (SSSR count). The zero-order chi connectivity index (χ0) is 13.0. The van der Waals surface area contributed by atoms with Crippen LogP contribution in [0.15, 0.2) is 22.7 Å². The smallest absolute Gasteiger partial charge is 0.0487 e. The van der Waals surface area contributed by atoms with Gasteiger partial charge in [-0.2, -0.15) is 0 Å². The van der Waals surface area contributed by atoms with Crippen molar-refractivity contribution in [1.82, 2.24) is 4.90 Å². The third kappa shape index (κ3) is 3.87. The van der Waals surface area contributed by atoms with E-state index < -0.39 is 0 Å². The summed E-state index contributed by atoms with van der Waals surface area (Å²) in [5.41, 5.74) is 1.15. The molecular formula is C14H20BrClN2. The molecular weight excluding hydrogens is 312 g/mol. The van der Waals surface area contributed by atoms with Crippen molar-refractivity contribution in [3.63, 3.8) is 0 Å². The van der Waals surface area contributed by atoms with Crippen molar-refractivity contribution < 1.29 is 0 Å². The molecule has 1 N–H and O–H groups in total. The van der Waals surface area contributed by atoms with Gasteiger partial charge in [-0.3, -0.25) is 0 Å². The Bertz CT molecular complexity index is 397. The third-order valence-electron chi connectivity index (χ3n) is 3.56. The van der Waals surface area contributed by atoms with Crippen molar-refractivity contribution >= 4 is 33.2 Å². The van der Waals surface area contributed by atoms with Gasteiger partial charge < -0.3 is 10.2 Å². The van der Waals surface area contributed by atoms with Gasteiger partial charge in [0.2, 0.25) is 0 Å². The number of anilines is 1. The van der Waals surface area contributed by atoms with Crippen molar-refractivity contribution in [3.8, 4) is 0 Å². The van der Waals surface area contributed by atoms with Crippen LogP contribution in [0.1, 0.15) is 26.2 Å². The van der Waals surface area contributed by atoms with E-state index in [4.69, 9.17) is 11.6 Å². The molecule has 0 radical (unpaired) electrons. The van der Waals surface area contributed by atoms with Gasteiger partial charge in [0, 0.05) is 27.8 Å². The van der Waals surface area contributed by atoms with Crippen LogP contribution < -0.4 is 5.32 Å². The van der Waals surface area contributed by atoms with Crippen LogP contribution in [0.5, 0.6) is 0 Å². The molecule has 18 heavy (non-hydrogen) atoms. The Balaban J connectivity index is 1.96. The summed E-state index contributed by atoms with van der Waals surface area (Å²) in [4.78, 5) is 2.53. The molecule has 1 aromatic carbocycles. The summed E-state index contributed by atoms with van der Waals surface area (Å²) < 4.78 is 1.05. The third-order valence-corrected chi connectivity index (χ3v) is 4.45. The number of rotatable bonds is 3. The van der Waals surface area contributed by atoms with Crippen molar-refractivity contribution in [2.45, 2.75) is 32.2 Å². The van der Waals surface area contributed by atoms with Crippen molar-refractivity contribution in [2.24, 2.45) is 0 Å². The van der Waals surface area contributed by atoms with Crippen molar-refractivity contribution in [1.29, 1.82) is 0 Å². The number of nitrogens with one attached hydrogen (secondary N) is 1. The zero-order valence-electron chi connectivity index (χ0n) is 10.8. The van der Waals surface area contributed by atoms with Gasteiger partial charge >= 0.3 is 0 Å². The first-order valence-electron chi connectivity index (χ1n) is 6.63. The van der Waals surface area contributed by atoms with E-state index in [-0.39, 0.29) is 0 Å². The van der Waals surface area contributed by atoms with Crippen LogP contribution in [0.3, 0.4) is 0 Å². The number of halogens is 2. The average Bonchev–Trinajstić information content (AvgIpc) is 2.58. The molecule has 1 saturated heterocycles. The SMILES string of the molecule is CCN1CCCC(Nc2ccc(Cl)cc2Br)CC1.